The lowest BCUT2D eigenvalue weighted by Gasteiger charge is -2.35. The van der Waals surface area contributed by atoms with Crippen LogP contribution in [0.5, 0.6) is 0 Å². The minimum atomic E-state index is -0.950. The van der Waals surface area contributed by atoms with Gasteiger partial charge in [-0.25, -0.2) is 8.78 Å². The van der Waals surface area contributed by atoms with Crippen LogP contribution in [0.2, 0.25) is 0 Å². The highest BCUT2D eigenvalue weighted by Gasteiger charge is 2.24. The van der Waals surface area contributed by atoms with Gasteiger partial charge in [-0.2, -0.15) is 0 Å². The zero-order valence-electron chi connectivity index (χ0n) is 10.7. The van der Waals surface area contributed by atoms with Crippen LogP contribution in [-0.2, 0) is 0 Å². The van der Waals surface area contributed by atoms with Crippen LogP contribution >= 0.6 is 0 Å². The number of likely N-dealkylation sites (tertiary alicyclic amines) is 1. The maximum Gasteiger partial charge on any atom is 0.159 e. The van der Waals surface area contributed by atoms with E-state index in [0.29, 0.717) is 12.1 Å². The second-order valence-corrected chi connectivity index (χ2v) is 5.02. The van der Waals surface area contributed by atoms with Gasteiger partial charge in [-0.05, 0) is 37.1 Å². The van der Waals surface area contributed by atoms with E-state index in [4.69, 9.17) is 0 Å². The summed E-state index contributed by atoms with van der Waals surface area (Å²) in [4.78, 5) is 2.01. The van der Waals surface area contributed by atoms with Crippen molar-refractivity contribution in [2.45, 2.75) is 31.4 Å². The number of aliphatic hydroxyl groups excluding tert-OH is 2. The lowest BCUT2D eigenvalue weighted by Crippen LogP contribution is -2.43. The third-order valence-corrected chi connectivity index (χ3v) is 3.70. The van der Waals surface area contributed by atoms with Gasteiger partial charge in [0.2, 0.25) is 0 Å². The molecular formula is C14H19F2NO2. The van der Waals surface area contributed by atoms with Crippen molar-refractivity contribution in [3.8, 4) is 0 Å². The Morgan fingerprint density at radius 3 is 2.74 bits per heavy atom. The predicted octanol–water partition coefficient (Wildman–Crippen LogP) is 1.84. The van der Waals surface area contributed by atoms with Crippen LogP contribution in [0.1, 0.15) is 30.9 Å². The number of aliphatic hydroxyl groups is 2. The highest BCUT2D eigenvalue weighted by Crippen LogP contribution is 2.22. The molecule has 2 rings (SSSR count). The maximum atomic E-state index is 13.1. The third-order valence-electron chi connectivity index (χ3n) is 3.70. The standard InChI is InChI=1S/C14H19F2NO2/c15-12-5-4-10(7-13(12)16)14(19)8-17-6-2-1-3-11(17)9-18/h4-5,7,11,14,18-19H,1-3,6,8-9H2/t11-,14?/m1/s1. The monoisotopic (exact) mass is 271 g/mol. The molecule has 1 aliphatic rings. The molecule has 3 nitrogen and oxygen atoms in total. The summed E-state index contributed by atoms with van der Waals surface area (Å²) in [5.74, 6) is -1.86. The molecule has 0 amide bonds. The molecule has 5 heteroatoms. The van der Waals surface area contributed by atoms with Crippen LogP contribution < -0.4 is 0 Å². The number of piperidine rings is 1. The van der Waals surface area contributed by atoms with Crippen molar-refractivity contribution in [3.05, 3.63) is 35.4 Å². The molecule has 1 heterocycles. The fraction of sp³-hybridized carbons (Fsp3) is 0.571. The Bertz CT molecular complexity index is 428. The quantitative estimate of drug-likeness (QED) is 0.878. The number of nitrogens with zero attached hydrogens (tertiary/aromatic N) is 1. The number of β-amino-alcohol motifs (C(OH)–C–C–N with tert-alkyl or cyclic N) is 1. The van der Waals surface area contributed by atoms with E-state index in [0.717, 1.165) is 37.9 Å². The Labute approximate surface area is 111 Å². The molecule has 1 aliphatic heterocycles. The van der Waals surface area contributed by atoms with Crippen molar-refractivity contribution >= 4 is 0 Å². The first-order chi connectivity index (χ1) is 9.11. The zero-order valence-corrected chi connectivity index (χ0v) is 10.7. The fourth-order valence-electron chi connectivity index (χ4n) is 2.55. The van der Waals surface area contributed by atoms with Gasteiger partial charge >= 0.3 is 0 Å². The van der Waals surface area contributed by atoms with Crippen molar-refractivity contribution in [1.82, 2.24) is 4.90 Å². The van der Waals surface area contributed by atoms with Crippen molar-refractivity contribution in [1.29, 1.82) is 0 Å². The zero-order chi connectivity index (χ0) is 13.8. The van der Waals surface area contributed by atoms with Gasteiger partial charge in [-0.1, -0.05) is 12.5 Å². The molecule has 2 N–H and O–H groups in total. The molecule has 0 aromatic heterocycles. The summed E-state index contributed by atoms with van der Waals surface area (Å²) in [6.45, 7) is 1.20. The summed E-state index contributed by atoms with van der Waals surface area (Å²) in [7, 11) is 0. The van der Waals surface area contributed by atoms with Gasteiger partial charge in [0, 0.05) is 12.6 Å². The van der Waals surface area contributed by atoms with Crippen LogP contribution in [-0.4, -0.2) is 40.9 Å². The smallest absolute Gasteiger partial charge is 0.159 e. The largest absolute Gasteiger partial charge is 0.395 e. The molecule has 1 fully saturated rings. The van der Waals surface area contributed by atoms with Crippen molar-refractivity contribution in [3.63, 3.8) is 0 Å². The Morgan fingerprint density at radius 1 is 1.26 bits per heavy atom. The molecule has 0 spiro atoms. The lowest BCUT2D eigenvalue weighted by atomic mass is 10.0. The lowest BCUT2D eigenvalue weighted by molar-refractivity contribution is 0.0416. The van der Waals surface area contributed by atoms with Gasteiger partial charge in [0.1, 0.15) is 0 Å². The summed E-state index contributed by atoms with van der Waals surface area (Å²) < 4.78 is 26.0. The summed E-state index contributed by atoms with van der Waals surface area (Å²) in [5.41, 5.74) is 0.362. The van der Waals surface area contributed by atoms with Gasteiger partial charge in [-0.3, -0.25) is 4.90 Å². The fourth-order valence-corrected chi connectivity index (χ4v) is 2.55. The minimum absolute atomic E-state index is 0.0497. The predicted molar refractivity (Wildman–Crippen MR) is 67.6 cm³/mol. The summed E-state index contributed by atoms with van der Waals surface area (Å²) in [5, 5.41) is 19.4. The van der Waals surface area contributed by atoms with E-state index in [1.807, 2.05) is 4.90 Å². The van der Waals surface area contributed by atoms with Crippen LogP contribution in [0.25, 0.3) is 0 Å². The van der Waals surface area contributed by atoms with Crippen molar-refractivity contribution in [2.75, 3.05) is 19.7 Å². The van der Waals surface area contributed by atoms with Crippen LogP contribution in [0.3, 0.4) is 0 Å². The van der Waals surface area contributed by atoms with E-state index in [9.17, 15) is 19.0 Å². The number of hydrogen-bond acceptors (Lipinski definition) is 3. The van der Waals surface area contributed by atoms with Gasteiger partial charge in [0.15, 0.2) is 11.6 Å². The van der Waals surface area contributed by atoms with E-state index >= 15 is 0 Å². The SMILES string of the molecule is OC[C@H]1CCCCN1CC(O)c1ccc(F)c(F)c1. The summed E-state index contributed by atoms with van der Waals surface area (Å²) in [6.07, 6.45) is 2.13. The number of benzene rings is 1. The van der Waals surface area contributed by atoms with Crippen molar-refractivity contribution < 1.29 is 19.0 Å². The third kappa shape index (κ3) is 3.49. The van der Waals surface area contributed by atoms with Crippen LogP contribution in [0.15, 0.2) is 18.2 Å². The van der Waals surface area contributed by atoms with Crippen LogP contribution in [0, 0.1) is 11.6 Å². The molecule has 2 atom stereocenters. The molecule has 1 unspecified atom stereocenters. The summed E-state index contributed by atoms with van der Waals surface area (Å²) >= 11 is 0. The maximum absolute atomic E-state index is 13.1. The molecule has 0 aliphatic carbocycles. The Kier molecular flexibility index (Phi) is 4.85. The first kappa shape index (κ1) is 14.4. The number of hydrogen-bond donors (Lipinski definition) is 2. The Morgan fingerprint density at radius 2 is 2.05 bits per heavy atom. The van der Waals surface area contributed by atoms with E-state index in [2.05, 4.69) is 0 Å². The molecule has 19 heavy (non-hydrogen) atoms. The molecule has 0 bridgehead atoms. The number of halogens is 2. The van der Waals surface area contributed by atoms with Gasteiger partial charge in [0.25, 0.3) is 0 Å². The minimum Gasteiger partial charge on any atom is -0.395 e. The Hall–Kier alpha value is -1.04. The molecule has 0 radical (unpaired) electrons. The normalized spacial score (nSPS) is 22.4. The van der Waals surface area contributed by atoms with Gasteiger partial charge in [-0.15, -0.1) is 0 Å². The molecule has 1 aromatic rings. The number of rotatable bonds is 4. The Balaban J connectivity index is 2.02. The molecule has 1 aromatic carbocycles. The van der Waals surface area contributed by atoms with E-state index in [1.54, 1.807) is 0 Å². The molecule has 106 valence electrons. The molecule has 0 saturated carbocycles. The molecule has 1 saturated heterocycles. The van der Waals surface area contributed by atoms with E-state index in [-0.39, 0.29) is 12.6 Å². The highest BCUT2D eigenvalue weighted by atomic mass is 19.2. The first-order valence-electron chi connectivity index (χ1n) is 6.59. The second-order valence-electron chi connectivity index (χ2n) is 5.02. The first-order valence-corrected chi connectivity index (χ1v) is 6.59. The molecular weight excluding hydrogens is 252 g/mol. The highest BCUT2D eigenvalue weighted by molar-refractivity contribution is 5.20. The van der Waals surface area contributed by atoms with E-state index < -0.39 is 17.7 Å². The van der Waals surface area contributed by atoms with E-state index in [1.165, 1.54) is 6.07 Å². The second kappa shape index (κ2) is 6.41. The van der Waals surface area contributed by atoms with Gasteiger partial charge in [0.05, 0.1) is 12.7 Å². The van der Waals surface area contributed by atoms with Crippen LogP contribution in [0.4, 0.5) is 8.78 Å². The summed E-state index contributed by atoms with van der Waals surface area (Å²) in [6, 6.07) is 3.49. The topological polar surface area (TPSA) is 43.7 Å². The van der Waals surface area contributed by atoms with Gasteiger partial charge < -0.3 is 10.2 Å². The average molecular weight is 271 g/mol. The average Bonchev–Trinajstić information content (AvgIpc) is 2.42. The van der Waals surface area contributed by atoms with Crippen molar-refractivity contribution in [2.24, 2.45) is 0 Å².